The van der Waals surface area contributed by atoms with Crippen LogP contribution in [-0.2, 0) is 21.8 Å². The number of piperidine rings is 1. The van der Waals surface area contributed by atoms with E-state index in [1.54, 1.807) is 19.2 Å². The summed E-state index contributed by atoms with van der Waals surface area (Å²) in [7, 11) is -1.42. The highest BCUT2D eigenvalue weighted by atomic mass is 32.2. The number of likely N-dealkylation sites (tertiary alicyclic amines) is 1. The molecule has 0 bridgehead atoms. The number of hydrogen-bond acceptors (Lipinski definition) is 6. The average molecular weight is 636 g/mol. The first-order valence-electron chi connectivity index (χ1n) is 17.4. The molecule has 45 heavy (non-hydrogen) atoms. The number of carbonyl (C=O) groups excluding carboxylic acids is 1. The minimum atomic E-state index is -3.13. The summed E-state index contributed by atoms with van der Waals surface area (Å²) in [6.45, 7) is 13.0. The third-order valence-electron chi connectivity index (χ3n) is 11.0. The van der Waals surface area contributed by atoms with Crippen molar-refractivity contribution in [3.63, 3.8) is 0 Å². The maximum absolute atomic E-state index is 12.6. The molecule has 0 radical (unpaired) electrons. The van der Waals surface area contributed by atoms with E-state index in [-0.39, 0.29) is 22.7 Å². The molecule has 2 saturated heterocycles. The van der Waals surface area contributed by atoms with Crippen molar-refractivity contribution in [3.05, 3.63) is 59.7 Å². The molecule has 246 valence electrons. The monoisotopic (exact) mass is 635 g/mol. The summed E-state index contributed by atoms with van der Waals surface area (Å²) in [5.41, 5.74) is 4.11. The molecule has 4 aliphatic rings. The zero-order chi connectivity index (χ0) is 31.6. The minimum Gasteiger partial charge on any atom is -0.371 e. The summed E-state index contributed by atoms with van der Waals surface area (Å²) in [6.07, 6.45) is 6.97. The average Bonchev–Trinajstić information content (AvgIpc) is 3.89. The molecule has 8 nitrogen and oxygen atoms in total. The van der Waals surface area contributed by atoms with Gasteiger partial charge in [-0.3, -0.25) is 4.90 Å². The van der Waals surface area contributed by atoms with Crippen LogP contribution in [0, 0.1) is 11.8 Å². The summed E-state index contributed by atoms with van der Waals surface area (Å²) >= 11 is 0. The number of urea groups is 1. The van der Waals surface area contributed by atoms with Crippen LogP contribution in [0.3, 0.4) is 0 Å². The number of likely N-dealkylation sites (N-methyl/N-ethyl adjacent to an activating group) is 1. The number of anilines is 1. The van der Waals surface area contributed by atoms with Gasteiger partial charge in [0.25, 0.3) is 0 Å². The van der Waals surface area contributed by atoms with Crippen LogP contribution in [0.25, 0.3) is 0 Å². The van der Waals surface area contributed by atoms with Crippen LogP contribution in [0.5, 0.6) is 0 Å². The van der Waals surface area contributed by atoms with Crippen molar-refractivity contribution in [2.24, 2.45) is 11.8 Å². The van der Waals surface area contributed by atoms with Crippen molar-refractivity contribution in [1.29, 1.82) is 0 Å². The molecule has 2 atom stereocenters. The predicted molar refractivity (Wildman–Crippen MR) is 181 cm³/mol. The lowest BCUT2D eigenvalue weighted by molar-refractivity contribution is 0.0592. The van der Waals surface area contributed by atoms with Crippen molar-refractivity contribution in [1.82, 2.24) is 20.4 Å². The molecular weight excluding hydrogens is 582 g/mol. The van der Waals surface area contributed by atoms with Gasteiger partial charge in [0.05, 0.1) is 10.1 Å². The van der Waals surface area contributed by atoms with Crippen molar-refractivity contribution < 1.29 is 13.2 Å². The Morgan fingerprint density at radius 3 is 2.33 bits per heavy atom. The van der Waals surface area contributed by atoms with Crippen molar-refractivity contribution in [3.8, 4) is 0 Å². The lowest BCUT2D eigenvalue weighted by atomic mass is 9.60. The summed E-state index contributed by atoms with van der Waals surface area (Å²) in [6, 6.07) is 16.7. The Bertz CT molecular complexity index is 1410. The van der Waals surface area contributed by atoms with E-state index >= 15 is 0 Å². The van der Waals surface area contributed by atoms with Gasteiger partial charge in [-0.1, -0.05) is 44.5 Å². The van der Waals surface area contributed by atoms with E-state index in [2.05, 4.69) is 63.4 Å². The summed E-state index contributed by atoms with van der Waals surface area (Å²) in [5, 5.41) is 5.94. The van der Waals surface area contributed by atoms with Gasteiger partial charge in [-0.05, 0) is 99.5 Å². The number of hydrogen-bond donors (Lipinski definition) is 2. The molecule has 2 aromatic carbocycles. The normalized spacial score (nSPS) is 24.1. The third-order valence-corrected chi connectivity index (χ3v) is 13.3. The van der Waals surface area contributed by atoms with Gasteiger partial charge < -0.3 is 20.4 Å². The van der Waals surface area contributed by atoms with E-state index in [4.69, 9.17) is 0 Å². The van der Waals surface area contributed by atoms with Crippen LogP contribution in [0.15, 0.2) is 53.4 Å². The summed E-state index contributed by atoms with van der Waals surface area (Å²) in [4.78, 5) is 20.6. The molecule has 6 rings (SSSR count). The topological polar surface area (TPSA) is 85.0 Å². The Labute approximate surface area is 270 Å². The standard InChI is InChI=1S/C36H53N5O3S/c1-4-8-30(38-35(42)37-3)21-36(26-39(5-2)25-28-9-6-7-10-34(28)36)29-17-19-40(20-18-29)22-27-23-41(24-27)31-11-13-32(14-12-31)45(43,44)33-15-16-33/h6-7,9-14,27,29-30,33H,4-5,8,15-26H2,1-3H3,(H2,37,38,42)/t30-,36?/m0/s1. The summed E-state index contributed by atoms with van der Waals surface area (Å²) in [5.74, 6) is 1.21. The summed E-state index contributed by atoms with van der Waals surface area (Å²) < 4.78 is 25.1. The van der Waals surface area contributed by atoms with Crippen LogP contribution < -0.4 is 15.5 Å². The van der Waals surface area contributed by atoms with Gasteiger partial charge in [0, 0.05) is 62.8 Å². The fourth-order valence-electron chi connectivity index (χ4n) is 8.46. The van der Waals surface area contributed by atoms with Gasteiger partial charge in [0.1, 0.15) is 0 Å². The van der Waals surface area contributed by atoms with Crippen LogP contribution in [0.2, 0.25) is 0 Å². The van der Waals surface area contributed by atoms with Crippen LogP contribution in [-0.4, -0.2) is 88.4 Å². The predicted octanol–water partition coefficient (Wildman–Crippen LogP) is 5.03. The van der Waals surface area contributed by atoms with Gasteiger partial charge >= 0.3 is 6.03 Å². The first-order chi connectivity index (χ1) is 21.7. The van der Waals surface area contributed by atoms with Crippen molar-refractivity contribution >= 4 is 21.6 Å². The molecule has 1 aliphatic carbocycles. The van der Waals surface area contributed by atoms with Crippen molar-refractivity contribution in [2.45, 2.75) is 86.9 Å². The van der Waals surface area contributed by atoms with Crippen LogP contribution >= 0.6 is 0 Å². The lowest BCUT2D eigenvalue weighted by Gasteiger charge is -2.52. The second-order valence-electron chi connectivity index (χ2n) is 14.1. The Morgan fingerprint density at radius 1 is 0.978 bits per heavy atom. The number of benzene rings is 2. The molecule has 0 aromatic heterocycles. The number of nitrogens with zero attached hydrogens (tertiary/aromatic N) is 3. The molecule has 3 fully saturated rings. The molecule has 1 saturated carbocycles. The Kier molecular flexibility index (Phi) is 9.79. The van der Waals surface area contributed by atoms with E-state index in [0.717, 1.165) is 90.1 Å². The Hall–Kier alpha value is -2.62. The Morgan fingerprint density at radius 2 is 1.69 bits per heavy atom. The highest BCUT2D eigenvalue weighted by Gasteiger charge is 2.47. The quantitative estimate of drug-likeness (QED) is 0.341. The first kappa shape index (κ1) is 32.3. The lowest BCUT2D eigenvalue weighted by Crippen LogP contribution is -2.57. The minimum absolute atomic E-state index is 0.0181. The van der Waals surface area contributed by atoms with Gasteiger partial charge in [-0.25, -0.2) is 13.2 Å². The zero-order valence-corrected chi connectivity index (χ0v) is 28.3. The second kappa shape index (κ2) is 13.6. The first-order valence-corrected chi connectivity index (χ1v) is 18.9. The number of fused-ring (bicyclic) bond motifs is 1. The molecular formula is C36H53N5O3S. The van der Waals surface area contributed by atoms with Gasteiger partial charge in [-0.2, -0.15) is 0 Å². The van der Waals surface area contributed by atoms with Crippen LogP contribution in [0.4, 0.5) is 10.5 Å². The van der Waals surface area contributed by atoms with Crippen molar-refractivity contribution in [2.75, 3.05) is 57.8 Å². The maximum Gasteiger partial charge on any atom is 0.314 e. The van der Waals surface area contributed by atoms with Gasteiger partial charge in [0.15, 0.2) is 9.84 Å². The number of sulfone groups is 1. The van der Waals surface area contributed by atoms with Crippen LogP contribution in [0.1, 0.15) is 69.9 Å². The van der Waals surface area contributed by atoms with E-state index in [0.29, 0.717) is 16.7 Å². The van der Waals surface area contributed by atoms with Gasteiger partial charge in [0.2, 0.25) is 0 Å². The number of carbonyl (C=O) groups is 1. The largest absolute Gasteiger partial charge is 0.371 e. The van der Waals surface area contributed by atoms with Gasteiger partial charge in [-0.15, -0.1) is 0 Å². The smallest absolute Gasteiger partial charge is 0.314 e. The molecule has 3 heterocycles. The molecule has 2 N–H and O–H groups in total. The number of nitrogens with one attached hydrogen (secondary N) is 2. The maximum atomic E-state index is 12.6. The van der Waals surface area contributed by atoms with E-state index in [9.17, 15) is 13.2 Å². The molecule has 9 heteroatoms. The number of amides is 2. The fourth-order valence-corrected chi connectivity index (χ4v) is 10.1. The van der Waals surface area contributed by atoms with E-state index < -0.39 is 9.84 Å². The van der Waals surface area contributed by atoms with E-state index in [1.807, 2.05) is 12.1 Å². The molecule has 2 amide bonds. The molecule has 3 aliphatic heterocycles. The fraction of sp³-hybridized carbons (Fsp3) is 0.639. The number of rotatable bonds is 12. The molecule has 2 aromatic rings. The molecule has 0 spiro atoms. The highest BCUT2D eigenvalue weighted by molar-refractivity contribution is 7.92. The zero-order valence-electron chi connectivity index (χ0n) is 27.5. The SMILES string of the molecule is CCC[C@@H](CC1(C2CCN(CC3CN(c4ccc(S(=O)(=O)C5CC5)cc4)C3)CC2)CN(CC)Cc2ccccc21)NC(=O)NC. The second-order valence-corrected chi connectivity index (χ2v) is 16.3. The highest BCUT2D eigenvalue weighted by Crippen LogP contribution is 2.47. The van der Waals surface area contributed by atoms with E-state index in [1.165, 1.54) is 24.0 Å². The Balaban J connectivity index is 1.10. The third kappa shape index (κ3) is 6.91. The molecule has 1 unspecified atom stereocenters.